The van der Waals surface area contributed by atoms with Crippen LogP contribution in [0.2, 0.25) is 5.02 Å². The fourth-order valence-corrected chi connectivity index (χ4v) is 2.73. The van der Waals surface area contributed by atoms with E-state index in [1.54, 1.807) is 28.8 Å². The summed E-state index contributed by atoms with van der Waals surface area (Å²) in [6, 6.07) is 11.6. The zero-order valence-electron chi connectivity index (χ0n) is 10.6. The topological polar surface area (TPSA) is 41.6 Å². The Kier molecular flexibility index (Phi) is 3.54. The summed E-state index contributed by atoms with van der Waals surface area (Å²) < 4.78 is 15.5. The number of fused-ring (bicyclic) bond motifs is 1. The second-order valence-electron chi connectivity index (χ2n) is 4.35. The van der Waals surface area contributed by atoms with Crippen LogP contribution in [0.1, 0.15) is 11.4 Å². The Morgan fingerprint density at radius 3 is 2.71 bits per heavy atom. The summed E-state index contributed by atoms with van der Waals surface area (Å²) in [5.41, 5.74) is 1.56. The van der Waals surface area contributed by atoms with Gasteiger partial charge in [-0.05, 0) is 24.3 Å². The van der Waals surface area contributed by atoms with Gasteiger partial charge in [-0.25, -0.2) is 9.37 Å². The SMILES string of the molecule is N#Cc1c(F)cccc1-n1c(CCl)nc2cccc(Cl)c21. The summed E-state index contributed by atoms with van der Waals surface area (Å²) in [6.07, 6.45) is 0. The molecular formula is C15H8Cl2FN3. The lowest BCUT2D eigenvalue weighted by molar-refractivity contribution is 0.622. The predicted molar refractivity (Wildman–Crippen MR) is 80.3 cm³/mol. The number of benzene rings is 2. The first-order chi connectivity index (χ1) is 10.2. The highest BCUT2D eigenvalue weighted by atomic mass is 35.5. The van der Waals surface area contributed by atoms with E-state index >= 15 is 0 Å². The van der Waals surface area contributed by atoms with Crippen molar-refractivity contribution in [2.45, 2.75) is 5.88 Å². The molecule has 3 nitrogen and oxygen atoms in total. The summed E-state index contributed by atoms with van der Waals surface area (Å²) in [4.78, 5) is 4.39. The van der Waals surface area contributed by atoms with Crippen LogP contribution in [-0.2, 0) is 5.88 Å². The minimum atomic E-state index is -0.593. The molecule has 6 heteroatoms. The van der Waals surface area contributed by atoms with Crippen molar-refractivity contribution in [3.8, 4) is 11.8 Å². The van der Waals surface area contributed by atoms with Crippen molar-refractivity contribution in [1.29, 1.82) is 5.26 Å². The maximum Gasteiger partial charge on any atom is 0.143 e. The molecule has 0 unspecified atom stereocenters. The zero-order chi connectivity index (χ0) is 15.0. The van der Waals surface area contributed by atoms with Crippen LogP contribution in [0.25, 0.3) is 16.7 Å². The van der Waals surface area contributed by atoms with Gasteiger partial charge >= 0.3 is 0 Å². The summed E-state index contributed by atoms with van der Waals surface area (Å²) >= 11 is 12.2. The smallest absolute Gasteiger partial charge is 0.143 e. The number of alkyl halides is 1. The number of nitriles is 1. The molecule has 3 rings (SSSR count). The monoisotopic (exact) mass is 319 g/mol. The number of aromatic nitrogens is 2. The Morgan fingerprint density at radius 1 is 1.24 bits per heavy atom. The van der Waals surface area contributed by atoms with E-state index in [0.717, 1.165) is 0 Å². The van der Waals surface area contributed by atoms with E-state index in [0.29, 0.717) is 27.6 Å². The minimum Gasteiger partial charge on any atom is -0.292 e. The number of hydrogen-bond donors (Lipinski definition) is 0. The molecule has 0 saturated carbocycles. The first kappa shape index (κ1) is 13.9. The second kappa shape index (κ2) is 5.36. The average molecular weight is 320 g/mol. The number of para-hydroxylation sites is 1. The molecule has 2 aromatic carbocycles. The van der Waals surface area contributed by atoms with Crippen LogP contribution in [0.5, 0.6) is 0 Å². The Labute approximate surface area is 130 Å². The van der Waals surface area contributed by atoms with Crippen LogP contribution in [-0.4, -0.2) is 9.55 Å². The molecule has 3 aromatic rings. The van der Waals surface area contributed by atoms with Crippen molar-refractivity contribution in [2.75, 3.05) is 0 Å². The molecule has 0 aliphatic heterocycles. The lowest BCUT2D eigenvalue weighted by atomic mass is 10.1. The van der Waals surface area contributed by atoms with Gasteiger partial charge in [-0.3, -0.25) is 4.57 Å². The molecular weight excluding hydrogens is 312 g/mol. The number of rotatable bonds is 2. The van der Waals surface area contributed by atoms with Gasteiger partial charge in [0, 0.05) is 0 Å². The number of imidazole rings is 1. The normalized spacial score (nSPS) is 10.8. The molecule has 0 aliphatic carbocycles. The van der Waals surface area contributed by atoms with Crippen molar-refractivity contribution >= 4 is 34.2 Å². The highest BCUT2D eigenvalue weighted by Crippen LogP contribution is 2.30. The lowest BCUT2D eigenvalue weighted by Gasteiger charge is -2.10. The first-order valence-corrected chi connectivity index (χ1v) is 6.99. The van der Waals surface area contributed by atoms with Crippen LogP contribution < -0.4 is 0 Å². The Balaban J connectivity index is 2.46. The van der Waals surface area contributed by atoms with Crippen molar-refractivity contribution < 1.29 is 4.39 Å². The van der Waals surface area contributed by atoms with E-state index in [4.69, 9.17) is 23.2 Å². The molecule has 21 heavy (non-hydrogen) atoms. The molecule has 1 aromatic heterocycles. The van der Waals surface area contributed by atoms with Crippen molar-refractivity contribution in [3.05, 3.63) is 58.6 Å². The summed E-state index contributed by atoms with van der Waals surface area (Å²) in [7, 11) is 0. The van der Waals surface area contributed by atoms with E-state index in [1.165, 1.54) is 12.1 Å². The van der Waals surface area contributed by atoms with E-state index in [9.17, 15) is 9.65 Å². The summed E-state index contributed by atoms with van der Waals surface area (Å²) in [5, 5.41) is 9.68. The lowest BCUT2D eigenvalue weighted by Crippen LogP contribution is -2.03. The third-order valence-corrected chi connectivity index (χ3v) is 3.70. The minimum absolute atomic E-state index is 0.0666. The number of hydrogen-bond acceptors (Lipinski definition) is 2. The summed E-state index contributed by atoms with van der Waals surface area (Å²) in [5.74, 6) is 0.0261. The standard InChI is InChI=1S/C15H8Cl2FN3/c16-7-14-20-12-5-1-3-10(17)15(12)21(14)13-6-2-4-11(18)9(13)8-19/h1-6H,7H2. The van der Waals surface area contributed by atoms with Gasteiger partial charge in [-0.2, -0.15) is 5.26 Å². The summed E-state index contributed by atoms with van der Waals surface area (Å²) in [6.45, 7) is 0. The Bertz CT molecular complexity index is 880. The van der Waals surface area contributed by atoms with E-state index in [2.05, 4.69) is 4.98 Å². The highest BCUT2D eigenvalue weighted by Gasteiger charge is 2.18. The molecule has 0 saturated heterocycles. The largest absolute Gasteiger partial charge is 0.292 e. The maximum atomic E-state index is 13.9. The molecule has 104 valence electrons. The number of halogens is 3. The van der Waals surface area contributed by atoms with Gasteiger partial charge in [0.15, 0.2) is 0 Å². The fourth-order valence-electron chi connectivity index (χ4n) is 2.29. The molecule has 0 aliphatic rings. The van der Waals surface area contributed by atoms with E-state index in [1.807, 2.05) is 6.07 Å². The van der Waals surface area contributed by atoms with Gasteiger partial charge in [0.05, 0.1) is 27.6 Å². The van der Waals surface area contributed by atoms with E-state index < -0.39 is 5.82 Å². The maximum absolute atomic E-state index is 13.9. The van der Waals surface area contributed by atoms with Crippen molar-refractivity contribution in [3.63, 3.8) is 0 Å². The molecule has 0 spiro atoms. The molecule has 0 radical (unpaired) electrons. The molecule has 0 N–H and O–H groups in total. The van der Waals surface area contributed by atoms with Gasteiger partial charge in [-0.15, -0.1) is 11.6 Å². The third-order valence-electron chi connectivity index (χ3n) is 3.16. The highest BCUT2D eigenvalue weighted by molar-refractivity contribution is 6.35. The predicted octanol–water partition coefficient (Wildman–Crippen LogP) is 4.43. The van der Waals surface area contributed by atoms with Crippen LogP contribution in [0.3, 0.4) is 0 Å². The fraction of sp³-hybridized carbons (Fsp3) is 0.0667. The number of nitrogens with zero attached hydrogens (tertiary/aromatic N) is 3. The van der Waals surface area contributed by atoms with Crippen molar-refractivity contribution in [1.82, 2.24) is 9.55 Å². The average Bonchev–Trinajstić information content (AvgIpc) is 2.86. The van der Waals surface area contributed by atoms with Gasteiger partial charge in [0.25, 0.3) is 0 Å². The van der Waals surface area contributed by atoms with E-state index in [-0.39, 0.29) is 11.4 Å². The van der Waals surface area contributed by atoms with Crippen LogP contribution >= 0.6 is 23.2 Å². The second-order valence-corrected chi connectivity index (χ2v) is 5.02. The van der Waals surface area contributed by atoms with Gasteiger partial charge < -0.3 is 0 Å². The molecule has 0 fully saturated rings. The molecule has 0 amide bonds. The van der Waals surface area contributed by atoms with Crippen LogP contribution in [0.4, 0.5) is 4.39 Å². The van der Waals surface area contributed by atoms with Gasteiger partial charge in [0.1, 0.15) is 23.3 Å². The molecule has 1 heterocycles. The Morgan fingerprint density at radius 2 is 2.00 bits per heavy atom. The Hall–Kier alpha value is -2.09. The molecule has 0 bridgehead atoms. The van der Waals surface area contributed by atoms with Crippen LogP contribution in [0, 0.1) is 17.1 Å². The van der Waals surface area contributed by atoms with Crippen molar-refractivity contribution in [2.24, 2.45) is 0 Å². The quantitative estimate of drug-likeness (QED) is 0.656. The molecule has 0 atom stereocenters. The third kappa shape index (κ3) is 2.15. The first-order valence-electron chi connectivity index (χ1n) is 6.08. The van der Waals surface area contributed by atoms with Crippen LogP contribution in [0.15, 0.2) is 36.4 Å². The van der Waals surface area contributed by atoms with Gasteiger partial charge in [0.2, 0.25) is 0 Å². The zero-order valence-corrected chi connectivity index (χ0v) is 12.2. The van der Waals surface area contributed by atoms with Gasteiger partial charge in [-0.1, -0.05) is 23.7 Å².